The Morgan fingerprint density at radius 1 is 1.60 bits per heavy atom. The van der Waals surface area contributed by atoms with Gasteiger partial charge in [0, 0.05) is 0 Å². The summed E-state index contributed by atoms with van der Waals surface area (Å²) in [6.45, 7) is -0.0432. The van der Waals surface area contributed by atoms with Gasteiger partial charge in [0.25, 0.3) is 0 Å². The van der Waals surface area contributed by atoms with Crippen molar-refractivity contribution in [3.63, 3.8) is 0 Å². The zero-order valence-electron chi connectivity index (χ0n) is 7.87. The first-order chi connectivity index (χ1) is 7.15. The van der Waals surface area contributed by atoms with E-state index in [1.807, 2.05) is 0 Å². The fourth-order valence-corrected chi connectivity index (χ4v) is 1.26. The highest BCUT2D eigenvalue weighted by atomic mass is 35.5. The molecule has 4 N–H and O–H groups in total. The number of carbonyl (C=O) groups excluding carboxylic acids is 1. The molecule has 0 saturated carbocycles. The second kappa shape index (κ2) is 5.43. The number of aliphatic hydroxyl groups excluding tert-OH is 1. The lowest BCUT2D eigenvalue weighted by atomic mass is 10.3. The standard InChI is InChI=1S/C9H11ClN2O3/c10-6-2-1-3-7(12-9(11)14)8(6)15-5-4-13/h1-3,13H,4-5H2,(H3,11,12,14). The van der Waals surface area contributed by atoms with Crippen molar-refractivity contribution in [2.45, 2.75) is 0 Å². The van der Waals surface area contributed by atoms with Gasteiger partial charge in [0.15, 0.2) is 5.75 Å². The predicted molar refractivity (Wildman–Crippen MR) is 57.2 cm³/mol. The average molecular weight is 231 g/mol. The molecule has 0 saturated heterocycles. The molecule has 0 radical (unpaired) electrons. The molecule has 0 aliphatic carbocycles. The highest BCUT2D eigenvalue weighted by Crippen LogP contribution is 2.32. The molecular weight excluding hydrogens is 220 g/mol. The molecule has 1 rings (SSSR count). The van der Waals surface area contributed by atoms with Crippen LogP contribution in [-0.2, 0) is 0 Å². The van der Waals surface area contributed by atoms with E-state index in [0.29, 0.717) is 16.5 Å². The quantitative estimate of drug-likeness (QED) is 0.727. The van der Waals surface area contributed by atoms with Gasteiger partial charge in [-0.3, -0.25) is 0 Å². The van der Waals surface area contributed by atoms with Gasteiger partial charge in [0.2, 0.25) is 0 Å². The van der Waals surface area contributed by atoms with Crippen LogP contribution in [0.4, 0.5) is 10.5 Å². The normalized spacial score (nSPS) is 9.73. The summed E-state index contributed by atoms with van der Waals surface area (Å²) >= 11 is 5.85. The number of primary amides is 1. The Hall–Kier alpha value is -1.46. The number of amides is 2. The summed E-state index contributed by atoms with van der Waals surface area (Å²) in [5, 5.41) is 11.3. The Kier molecular flexibility index (Phi) is 4.20. The zero-order chi connectivity index (χ0) is 11.3. The number of benzene rings is 1. The molecule has 0 aliphatic heterocycles. The third kappa shape index (κ3) is 3.30. The molecule has 0 bridgehead atoms. The topological polar surface area (TPSA) is 84.6 Å². The van der Waals surface area contributed by atoms with E-state index in [1.165, 1.54) is 0 Å². The van der Waals surface area contributed by atoms with Crippen LogP contribution in [0.2, 0.25) is 5.02 Å². The molecule has 5 nitrogen and oxygen atoms in total. The van der Waals surface area contributed by atoms with Crippen molar-refractivity contribution >= 4 is 23.3 Å². The minimum Gasteiger partial charge on any atom is -0.487 e. The highest BCUT2D eigenvalue weighted by molar-refractivity contribution is 6.32. The van der Waals surface area contributed by atoms with Crippen LogP contribution in [0.25, 0.3) is 0 Å². The van der Waals surface area contributed by atoms with Gasteiger partial charge in [-0.15, -0.1) is 0 Å². The average Bonchev–Trinajstić information content (AvgIpc) is 2.16. The molecule has 2 amide bonds. The van der Waals surface area contributed by atoms with Crippen molar-refractivity contribution in [2.75, 3.05) is 18.5 Å². The van der Waals surface area contributed by atoms with E-state index < -0.39 is 6.03 Å². The summed E-state index contributed by atoms with van der Waals surface area (Å²) in [5.74, 6) is 0.298. The molecule has 0 unspecified atom stereocenters. The highest BCUT2D eigenvalue weighted by Gasteiger charge is 2.09. The van der Waals surface area contributed by atoms with Crippen LogP contribution in [0.1, 0.15) is 0 Å². The Balaban J connectivity index is 2.92. The lowest BCUT2D eigenvalue weighted by Gasteiger charge is -2.11. The van der Waals surface area contributed by atoms with E-state index >= 15 is 0 Å². The van der Waals surface area contributed by atoms with Gasteiger partial charge in [-0.25, -0.2) is 4.79 Å². The number of rotatable bonds is 4. The first-order valence-electron chi connectivity index (χ1n) is 4.23. The molecule has 82 valence electrons. The van der Waals surface area contributed by atoms with E-state index in [0.717, 1.165) is 0 Å². The van der Waals surface area contributed by atoms with Crippen LogP contribution < -0.4 is 15.8 Å². The van der Waals surface area contributed by atoms with Crippen LogP contribution in [0.15, 0.2) is 18.2 Å². The Morgan fingerprint density at radius 2 is 2.33 bits per heavy atom. The minimum absolute atomic E-state index is 0.0944. The van der Waals surface area contributed by atoms with Gasteiger partial charge >= 0.3 is 6.03 Å². The summed E-state index contributed by atoms with van der Waals surface area (Å²) < 4.78 is 5.17. The number of hydrogen-bond donors (Lipinski definition) is 3. The Morgan fingerprint density at radius 3 is 2.93 bits per heavy atom. The van der Waals surface area contributed by atoms with Crippen molar-refractivity contribution < 1.29 is 14.6 Å². The number of ether oxygens (including phenoxy) is 1. The number of urea groups is 1. The van der Waals surface area contributed by atoms with Crippen molar-refractivity contribution in [1.82, 2.24) is 0 Å². The fraction of sp³-hybridized carbons (Fsp3) is 0.222. The van der Waals surface area contributed by atoms with Crippen molar-refractivity contribution in [3.05, 3.63) is 23.2 Å². The van der Waals surface area contributed by atoms with Gasteiger partial charge in [0.1, 0.15) is 6.61 Å². The van der Waals surface area contributed by atoms with Crippen LogP contribution in [0.3, 0.4) is 0 Å². The molecule has 0 atom stereocenters. The molecule has 0 spiro atoms. The summed E-state index contributed by atoms with van der Waals surface area (Å²) in [5.41, 5.74) is 5.35. The van der Waals surface area contributed by atoms with Crippen LogP contribution in [0, 0.1) is 0 Å². The van der Waals surface area contributed by atoms with Gasteiger partial charge in [-0.2, -0.15) is 0 Å². The second-order valence-electron chi connectivity index (χ2n) is 2.68. The van der Waals surface area contributed by atoms with Crippen LogP contribution >= 0.6 is 11.6 Å². The van der Waals surface area contributed by atoms with E-state index in [9.17, 15) is 4.79 Å². The molecule has 15 heavy (non-hydrogen) atoms. The van der Waals surface area contributed by atoms with E-state index in [-0.39, 0.29) is 13.2 Å². The Labute approximate surface area is 91.8 Å². The molecule has 0 heterocycles. The van der Waals surface area contributed by atoms with Gasteiger partial charge in [-0.05, 0) is 12.1 Å². The van der Waals surface area contributed by atoms with Gasteiger partial charge in [0.05, 0.1) is 17.3 Å². The lowest BCUT2D eigenvalue weighted by molar-refractivity contribution is 0.202. The van der Waals surface area contributed by atoms with Crippen LogP contribution in [-0.4, -0.2) is 24.4 Å². The predicted octanol–water partition coefficient (Wildman–Crippen LogP) is 1.20. The van der Waals surface area contributed by atoms with E-state index in [4.69, 9.17) is 27.2 Å². The second-order valence-corrected chi connectivity index (χ2v) is 3.09. The molecule has 0 aromatic heterocycles. The molecule has 0 aliphatic rings. The van der Waals surface area contributed by atoms with Crippen molar-refractivity contribution in [2.24, 2.45) is 5.73 Å². The number of hydrogen-bond acceptors (Lipinski definition) is 3. The molecule has 0 fully saturated rings. The maximum absolute atomic E-state index is 10.7. The smallest absolute Gasteiger partial charge is 0.316 e. The number of nitrogens with one attached hydrogen (secondary N) is 1. The zero-order valence-corrected chi connectivity index (χ0v) is 8.62. The van der Waals surface area contributed by atoms with Crippen LogP contribution in [0.5, 0.6) is 5.75 Å². The lowest BCUT2D eigenvalue weighted by Crippen LogP contribution is -2.20. The fourth-order valence-electron chi connectivity index (χ4n) is 1.03. The number of aliphatic hydroxyl groups is 1. The summed E-state index contributed by atoms with van der Waals surface area (Å²) in [4.78, 5) is 10.7. The number of anilines is 1. The minimum atomic E-state index is -0.703. The van der Waals surface area contributed by atoms with E-state index in [1.54, 1.807) is 18.2 Å². The summed E-state index contributed by atoms with van der Waals surface area (Å²) in [6, 6.07) is 4.16. The third-order valence-electron chi connectivity index (χ3n) is 1.56. The number of carbonyl (C=O) groups is 1. The monoisotopic (exact) mass is 230 g/mol. The van der Waals surface area contributed by atoms with E-state index in [2.05, 4.69) is 5.32 Å². The molecular formula is C9H11ClN2O3. The largest absolute Gasteiger partial charge is 0.487 e. The number of halogens is 1. The Bertz CT molecular complexity index is 357. The maximum atomic E-state index is 10.7. The number of nitrogens with two attached hydrogens (primary N) is 1. The SMILES string of the molecule is NC(=O)Nc1cccc(Cl)c1OCCO. The maximum Gasteiger partial charge on any atom is 0.316 e. The molecule has 6 heteroatoms. The number of para-hydroxylation sites is 1. The van der Waals surface area contributed by atoms with Crippen molar-refractivity contribution in [1.29, 1.82) is 0 Å². The van der Waals surface area contributed by atoms with Gasteiger partial charge < -0.3 is 20.9 Å². The van der Waals surface area contributed by atoms with Crippen molar-refractivity contribution in [3.8, 4) is 5.75 Å². The van der Waals surface area contributed by atoms with Gasteiger partial charge in [-0.1, -0.05) is 17.7 Å². The summed E-state index contributed by atoms with van der Waals surface area (Å²) in [7, 11) is 0. The first-order valence-corrected chi connectivity index (χ1v) is 4.61. The molecule has 1 aromatic carbocycles. The first kappa shape index (κ1) is 11.6. The molecule has 1 aromatic rings. The summed E-state index contributed by atoms with van der Waals surface area (Å²) in [6.07, 6.45) is 0. The third-order valence-corrected chi connectivity index (χ3v) is 1.86.